The van der Waals surface area contributed by atoms with Crippen LogP contribution in [0.5, 0.6) is 11.5 Å². The van der Waals surface area contributed by atoms with Crippen LogP contribution in [-0.4, -0.2) is 23.4 Å². The van der Waals surface area contributed by atoms with E-state index in [0.717, 1.165) is 12.1 Å². The normalized spacial score (nSPS) is 11.4. The molecule has 5 rings (SSSR count). The second-order valence-corrected chi connectivity index (χ2v) is 9.99. The number of thiazole rings is 1. The lowest BCUT2D eigenvalue weighted by Gasteiger charge is -2.14. The zero-order chi connectivity index (χ0) is 25.3. The van der Waals surface area contributed by atoms with E-state index in [4.69, 9.17) is 20.8 Å². The molecule has 13 heteroatoms. The molecular formula is C23H13ClF2N4O4S2. The Morgan fingerprint density at radius 1 is 1.03 bits per heavy atom. The lowest BCUT2D eigenvalue weighted by Crippen LogP contribution is -2.15. The molecule has 0 spiro atoms. The van der Waals surface area contributed by atoms with Crippen molar-refractivity contribution < 1.29 is 26.4 Å². The van der Waals surface area contributed by atoms with Crippen LogP contribution in [0.15, 0.2) is 81.4 Å². The van der Waals surface area contributed by atoms with Gasteiger partial charge in [0.15, 0.2) is 11.6 Å². The number of aromatic nitrogens is 3. The van der Waals surface area contributed by atoms with E-state index in [9.17, 15) is 17.2 Å². The van der Waals surface area contributed by atoms with Crippen LogP contribution in [0.25, 0.3) is 22.5 Å². The lowest BCUT2D eigenvalue weighted by atomic mass is 10.1. The van der Waals surface area contributed by atoms with Crippen LogP contribution < -0.4 is 9.46 Å². The number of sulfonamides is 1. The van der Waals surface area contributed by atoms with Crippen LogP contribution in [0.4, 0.5) is 14.6 Å². The van der Waals surface area contributed by atoms with Gasteiger partial charge in [-0.05, 0) is 30.3 Å². The summed E-state index contributed by atoms with van der Waals surface area (Å²) in [5.74, 6) is -1.66. The van der Waals surface area contributed by atoms with E-state index < -0.39 is 26.7 Å². The Labute approximate surface area is 212 Å². The van der Waals surface area contributed by atoms with Gasteiger partial charge in [-0.15, -0.1) is 11.3 Å². The first kappa shape index (κ1) is 23.9. The van der Waals surface area contributed by atoms with Crippen molar-refractivity contribution in [2.45, 2.75) is 4.90 Å². The summed E-state index contributed by atoms with van der Waals surface area (Å²) in [6.07, 6.45) is 4.17. The summed E-state index contributed by atoms with van der Waals surface area (Å²) in [5, 5.41) is 1.30. The third-order valence-electron chi connectivity index (χ3n) is 4.84. The topological polar surface area (TPSA) is 107 Å². The molecule has 0 aliphatic heterocycles. The quantitative estimate of drug-likeness (QED) is 0.236. The van der Waals surface area contributed by atoms with Gasteiger partial charge in [-0.25, -0.2) is 27.8 Å². The standard InChI is InChI=1S/C23H13ClF2N4O4S2/c24-15-8-20(36(31,32)30-22-11-35-12-28-22)16(25)9-19(15)34-18-2-1-17(13-3-5-27-21(26)7-13)29-23(18)14-4-6-33-10-14/h1-12,30H. The van der Waals surface area contributed by atoms with Gasteiger partial charge < -0.3 is 9.15 Å². The fourth-order valence-corrected chi connectivity index (χ4v) is 5.14. The fraction of sp³-hybridized carbons (Fsp3) is 0. The van der Waals surface area contributed by atoms with E-state index in [0.29, 0.717) is 22.5 Å². The van der Waals surface area contributed by atoms with Gasteiger partial charge >= 0.3 is 0 Å². The summed E-state index contributed by atoms with van der Waals surface area (Å²) < 4.78 is 66.9. The summed E-state index contributed by atoms with van der Waals surface area (Å²) in [6.45, 7) is 0. The second kappa shape index (κ2) is 9.64. The minimum atomic E-state index is -4.29. The summed E-state index contributed by atoms with van der Waals surface area (Å²) in [5.41, 5.74) is 3.17. The van der Waals surface area contributed by atoms with Crippen LogP contribution in [0.1, 0.15) is 0 Å². The van der Waals surface area contributed by atoms with E-state index in [1.807, 2.05) is 0 Å². The second-order valence-electron chi connectivity index (χ2n) is 7.22. The monoisotopic (exact) mass is 546 g/mol. The predicted molar refractivity (Wildman–Crippen MR) is 130 cm³/mol. The molecule has 1 aromatic carbocycles. The van der Waals surface area contributed by atoms with Crippen molar-refractivity contribution in [2.75, 3.05) is 4.72 Å². The van der Waals surface area contributed by atoms with Crippen molar-refractivity contribution in [1.82, 2.24) is 15.0 Å². The number of anilines is 1. The van der Waals surface area contributed by atoms with Gasteiger partial charge in [-0.3, -0.25) is 4.72 Å². The Balaban J connectivity index is 1.51. The molecule has 0 amide bonds. The maximum absolute atomic E-state index is 14.9. The van der Waals surface area contributed by atoms with Crippen molar-refractivity contribution in [2.24, 2.45) is 0 Å². The van der Waals surface area contributed by atoms with Crippen molar-refractivity contribution >= 4 is 38.8 Å². The minimum Gasteiger partial charge on any atom is -0.472 e. The zero-order valence-electron chi connectivity index (χ0n) is 17.9. The first-order chi connectivity index (χ1) is 17.3. The first-order valence-electron chi connectivity index (χ1n) is 10.0. The van der Waals surface area contributed by atoms with E-state index in [1.165, 1.54) is 47.0 Å². The number of nitrogens with zero attached hydrogens (tertiary/aromatic N) is 3. The van der Waals surface area contributed by atoms with Crippen LogP contribution >= 0.6 is 22.9 Å². The molecule has 1 N–H and O–H groups in total. The molecule has 0 radical (unpaired) electrons. The highest BCUT2D eigenvalue weighted by Gasteiger charge is 2.24. The van der Waals surface area contributed by atoms with E-state index in [-0.39, 0.29) is 22.3 Å². The Morgan fingerprint density at radius 2 is 1.89 bits per heavy atom. The molecule has 0 atom stereocenters. The molecule has 36 heavy (non-hydrogen) atoms. The van der Waals surface area contributed by atoms with Gasteiger partial charge in [0.05, 0.1) is 28.8 Å². The van der Waals surface area contributed by atoms with E-state index in [1.54, 1.807) is 24.3 Å². The number of hydrogen-bond donors (Lipinski definition) is 1. The third-order valence-corrected chi connectivity index (χ3v) is 7.09. The molecule has 0 saturated carbocycles. The molecule has 0 unspecified atom stereocenters. The van der Waals surface area contributed by atoms with Crippen molar-refractivity contribution in [3.63, 3.8) is 0 Å². The maximum atomic E-state index is 14.9. The van der Waals surface area contributed by atoms with Crippen LogP contribution in [-0.2, 0) is 10.0 Å². The zero-order valence-corrected chi connectivity index (χ0v) is 20.2. The highest BCUT2D eigenvalue weighted by Crippen LogP contribution is 2.38. The van der Waals surface area contributed by atoms with Gasteiger partial charge in [0.1, 0.15) is 22.2 Å². The van der Waals surface area contributed by atoms with Gasteiger partial charge in [-0.1, -0.05) is 11.6 Å². The molecule has 4 heterocycles. The predicted octanol–water partition coefficient (Wildman–Crippen LogP) is 6.38. The third kappa shape index (κ3) is 4.91. The minimum absolute atomic E-state index is 0.0563. The van der Waals surface area contributed by atoms with Crippen molar-refractivity contribution in [3.05, 3.63) is 88.9 Å². The summed E-state index contributed by atoms with van der Waals surface area (Å²) in [6, 6.07) is 9.39. The summed E-state index contributed by atoms with van der Waals surface area (Å²) >= 11 is 7.45. The molecule has 0 aliphatic carbocycles. The number of pyridine rings is 2. The van der Waals surface area contributed by atoms with Crippen LogP contribution in [0.2, 0.25) is 5.02 Å². The fourth-order valence-electron chi connectivity index (χ4n) is 3.23. The Morgan fingerprint density at radius 3 is 2.61 bits per heavy atom. The summed E-state index contributed by atoms with van der Waals surface area (Å²) in [7, 11) is -4.29. The van der Waals surface area contributed by atoms with Crippen molar-refractivity contribution in [3.8, 4) is 34.0 Å². The largest absolute Gasteiger partial charge is 0.472 e. The molecule has 0 bridgehead atoms. The molecule has 182 valence electrons. The lowest BCUT2D eigenvalue weighted by molar-refractivity contribution is 0.473. The number of rotatable bonds is 7. The average Bonchev–Trinajstić information content (AvgIpc) is 3.56. The van der Waals surface area contributed by atoms with Gasteiger partial charge in [0.25, 0.3) is 10.0 Å². The number of benzene rings is 1. The molecular weight excluding hydrogens is 534 g/mol. The van der Waals surface area contributed by atoms with E-state index >= 15 is 0 Å². The SMILES string of the molecule is O=S(=O)(Nc1cscn1)c1cc(Cl)c(Oc2ccc(-c3ccnc(F)c3)nc2-c2ccoc2)cc1F. The molecule has 0 saturated heterocycles. The number of hydrogen-bond acceptors (Lipinski definition) is 8. The highest BCUT2D eigenvalue weighted by molar-refractivity contribution is 7.92. The smallest absolute Gasteiger partial charge is 0.266 e. The average molecular weight is 547 g/mol. The van der Waals surface area contributed by atoms with Crippen LogP contribution in [0, 0.1) is 11.8 Å². The maximum Gasteiger partial charge on any atom is 0.266 e. The number of furan rings is 1. The van der Waals surface area contributed by atoms with Gasteiger partial charge in [0.2, 0.25) is 5.95 Å². The number of halogens is 3. The van der Waals surface area contributed by atoms with E-state index in [2.05, 4.69) is 19.7 Å². The molecule has 8 nitrogen and oxygen atoms in total. The summed E-state index contributed by atoms with van der Waals surface area (Å²) in [4.78, 5) is 11.2. The van der Waals surface area contributed by atoms with Crippen molar-refractivity contribution in [1.29, 1.82) is 0 Å². The molecule has 0 fully saturated rings. The molecule has 5 aromatic rings. The highest BCUT2D eigenvalue weighted by atomic mass is 35.5. The van der Waals surface area contributed by atoms with Crippen LogP contribution in [0.3, 0.4) is 0 Å². The number of nitrogens with one attached hydrogen (secondary N) is 1. The molecule has 4 aromatic heterocycles. The van der Waals surface area contributed by atoms with Gasteiger partial charge in [-0.2, -0.15) is 4.39 Å². The van der Waals surface area contributed by atoms with Gasteiger partial charge in [0, 0.05) is 34.8 Å². The first-order valence-corrected chi connectivity index (χ1v) is 12.8. The number of ether oxygens (including phenoxy) is 1. The molecule has 0 aliphatic rings. The Bertz CT molecular complexity index is 1650. The Kier molecular flexibility index (Phi) is 6.39. The Hall–Kier alpha value is -3.87.